The van der Waals surface area contributed by atoms with E-state index in [1.54, 1.807) is 0 Å². The lowest BCUT2D eigenvalue weighted by molar-refractivity contribution is -0.870. The first kappa shape index (κ1) is 75.7. The standard InChI is InChI=1S/C70H125NO8/c1-6-8-10-12-14-16-18-20-22-24-26-27-28-29-30-31-32-33-34-35-36-37-38-39-40-41-43-45-47-49-51-53-55-57-59-61-68(73)79-66(65-78-70(69(74)75)76-63-62-71(3,4)5)64-77-67(72)60-58-56-54-52-50-48-46-44-42-25-23-21-19-17-15-13-11-9-7-2/h8,10,14,16,20-23,26-27,29-30,66,70H,6-7,9,11-13,15,17-19,24-25,28,31-65H2,1-5H3/b10-8-,16-14-,22-20-,23-21-,27-26-,30-29-. The number of hydrogen-bond donors (Lipinski definition) is 0. The Hall–Kier alpha value is -3.27. The summed E-state index contributed by atoms with van der Waals surface area (Å²) in [6.45, 7) is 4.66. The van der Waals surface area contributed by atoms with Gasteiger partial charge in [0, 0.05) is 12.8 Å². The number of ether oxygens (including phenoxy) is 4. The second kappa shape index (κ2) is 60.8. The number of carbonyl (C=O) groups excluding carboxylic acids is 3. The van der Waals surface area contributed by atoms with Crippen molar-refractivity contribution in [3.63, 3.8) is 0 Å². The Morgan fingerprint density at radius 3 is 1.09 bits per heavy atom. The summed E-state index contributed by atoms with van der Waals surface area (Å²) in [4.78, 5) is 37.4. The molecule has 458 valence electrons. The molecule has 79 heavy (non-hydrogen) atoms. The summed E-state index contributed by atoms with van der Waals surface area (Å²) in [6.07, 6.45) is 76.9. The number of likely N-dealkylation sites (N-methyl/N-ethyl adjacent to an activating group) is 1. The molecule has 0 aromatic carbocycles. The first-order valence-corrected chi connectivity index (χ1v) is 33.1. The van der Waals surface area contributed by atoms with Crippen molar-refractivity contribution < 1.29 is 42.9 Å². The third kappa shape index (κ3) is 62.2. The summed E-state index contributed by atoms with van der Waals surface area (Å²) < 4.78 is 22.8. The summed E-state index contributed by atoms with van der Waals surface area (Å²) >= 11 is 0. The second-order valence-electron chi connectivity index (χ2n) is 23.4. The van der Waals surface area contributed by atoms with Crippen LogP contribution in [0.4, 0.5) is 0 Å². The van der Waals surface area contributed by atoms with Crippen LogP contribution in [-0.2, 0) is 33.3 Å². The van der Waals surface area contributed by atoms with Crippen molar-refractivity contribution in [2.45, 2.75) is 309 Å². The predicted molar refractivity (Wildman–Crippen MR) is 334 cm³/mol. The summed E-state index contributed by atoms with van der Waals surface area (Å²) in [6, 6.07) is 0. The zero-order valence-electron chi connectivity index (χ0n) is 52.2. The van der Waals surface area contributed by atoms with Gasteiger partial charge in [-0.1, -0.05) is 273 Å². The molecule has 0 aliphatic carbocycles. The number of carboxylic acids is 1. The number of unbranched alkanes of at least 4 members (excludes halogenated alkanes) is 34. The van der Waals surface area contributed by atoms with E-state index in [0.717, 1.165) is 64.2 Å². The summed E-state index contributed by atoms with van der Waals surface area (Å²) in [5, 5.41) is 11.8. The third-order valence-corrected chi connectivity index (χ3v) is 14.4. The Bertz CT molecular complexity index is 1520. The van der Waals surface area contributed by atoms with Crippen molar-refractivity contribution in [1.82, 2.24) is 0 Å². The van der Waals surface area contributed by atoms with Crippen LogP contribution in [0.15, 0.2) is 72.9 Å². The van der Waals surface area contributed by atoms with Crippen LogP contribution in [0.25, 0.3) is 0 Å². The summed E-state index contributed by atoms with van der Waals surface area (Å²) in [7, 11) is 5.93. The molecule has 0 aliphatic rings. The van der Waals surface area contributed by atoms with E-state index in [9.17, 15) is 19.5 Å². The number of carboxylic acid groups (broad SMARTS) is 1. The molecule has 0 saturated heterocycles. The number of nitrogens with zero attached hydrogens (tertiary/aromatic N) is 1. The Balaban J connectivity index is 4.07. The van der Waals surface area contributed by atoms with E-state index < -0.39 is 24.3 Å². The molecule has 0 bridgehead atoms. The molecule has 0 radical (unpaired) electrons. The van der Waals surface area contributed by atoms with E-state index in [1.807, 2.05) is 21.1 Å². The molecule has 9 heteroatoms. The van der Waals surface area contributed by atoms with Gasteiger partial charge in [0.25, 0.3) is 0 Å². The fourth-order valence-corrected chi connectivity index (χ4v) is 9.38. The zero-order valence-corrected chi connectivity index (χ0v) is 52.2. The number of hydrogen-bond acceptors (Lipinski definition) is 8. The SMILES string of the molecule is CC/C=C\C/C=C\C/C=C\C/C=C\C/C=C\CCCCCCCCCCCCCCCCCCCCCC(=O)OC(COC(=O)CCCCCCCCCCC/C=C\CCCCCCCC)COC(OCC[N+](C)(C)C)C(=O)[O-]. The van der Waals surface area contributed by atoms with Crippen LogP contribution in [0.2, 0.25) is 0 Å². The van der Waals surface area contributed by atoms with E-state index >= 15 is 0 Å². The second-order valence-corrected chi connectivity index (χ2v) is 23.4. The highest BCUT2D eigenvalue weighted by Crippen LogP contribution is 2.17. The van der Waals surface area contributed by atoms with Crippen molar-refractivity contribution in [2.24, 2.45) is 0 Å². The molecular weight excluding hydrogens is 983 g/mol. The number of aliphatic carboxylic acids is 1. The average Bonchev–Trinajstić information content (AvgIpc) is 3.42. The molecule has 0 amide bonds. The quantitative estimate of drug-likeness (QED) is 0.0195. The minimum Gasteiger partial charge on any atom is -0.545 e. The molecule has 0 saturated carbocycles. The van der Waals surface area contributed by atoms with Crippen LogP contribution < -0.4 is 5.11 Å². The number of quaternary nitrogens is 1. The molecule has 0 aliphatic heterocycles. The molecule has 0 fully saturated rings. The predicted octanol–water partition coefficient (Wildman–Crippen LogP) is 18.8. The van der Waals surface area contributed by atoms with E-state index in [1.165, 1.54) is 199 Å². The fraction of sp³-hybridized carbons (Fsp3) is 0.786. The Labute approximate surface area is 487 Å². The van der Waals surface area contributed by atoms with Crippen molar-refractivity contribution in [3.05, 3.63) is 72.9 Å². The van der Waals surface area contributed by atoms with Gasteiger partial charge in [-0.15, -0.1) is 0 Å². The molecule has 2 atom stereocenters. The lowest BCUT2D eigenvalue weighted by Crippen LogP contribution is -2.44. The maximum absolute atomic E-state index is 12.9. The maximum atomic E-state index is 12.9. The Kier molecular flexibility index (Phi) is 58.3. The maximum Gasteiger partial charge on any atom is 0.306 e. The first-order chi connectivity index (χ1) is 38.6. The average molecular weight is 1110 g/mol. The van der Waals surface area contributed by atoms with Crippen LogP contribution in [-0.4, -0.2) is 82.3 Å². The van der Waals surface area contributed by atoms with Gasteiger partial charge in [0.2, 0.25) is 0 Å². The van der Waals surface area contributed by atoms with Gasteiger partial charge in [0.1, 0.15) is 13.2 Å². The van der Waals surface area contributed by atoms with E-state index in [4.69, 9.17) is 18.9 Å². The van der Waals surface area contributed by atoms with Gasteiger partial charge in [-0.3, -0.25) is 9.59 Å². The number of allylic oxidation sites excluding steroid dienone is 12. The van der Waals surface area contributed by atoms with Crippen molar-refractivity contribution >= 4 is 17.9 Å². The van der Waals surface area contributed by atoms with Crippen LogP contribution in [0.1, 0.15) is 296 Å². The smallest absolute Gasteiger partial charge is 0.306 e. The normalized spacial score (nSPS) is 13.2. The van der Waals surface area contributed by atoms with Crippen LogP contribution in [0.3, 0.4) is 0 Å². The lowest BCUT2D eigenvalue weighted by atomic mass is 10.0. The van der Waals surface area contributed by atoms with Crippen LogP contribution >= 0.6 is 0 Å². The summed E-state index contributed by atoms with van der Waals surface area (Å²) in [5.74, 6) is -2.27. The highest BCUT2D eigenvalue weighted by atomic mass is 16.7. The number of esters is 2. The molecule has 0 aromatic rings. The van der Waals surface area contributed by atoms with E-state index in [0.29, 0.717) is 23.9 Å². The Morgan fingerprint density at radius 1 is 0.392 bits per heavy atom. The fourth-order valence-electron chi connectivity index (χ4n) is 9.38. The molecule has 2 unspecified atom stereocenters. The lowest BCUT2D eigenvalue weighted by Gasteiger charge is -2.26. The largest absolute Gasteiger partial charge is 0.545 e. The van der Waals surface area contributed by atoms with Crippen molar-refractivity contribution in [3.8, 4) is 0 Å². The molecule has 9 nitrogen and oxygen atoms in total. The molecule has 0 rings (SSSR count). The van der Waals surface area contributed by atoms with Gasteiger partial charge in [0.05, 0.1) is 40.3 Å². The first-order valence-electron chi connectivity index (χ1n) is 33.1. The molecular formula is C70H125NO8. The van der Waals surface area contributed by atoms with Crippen molar-refractivity contribution in [2.75, 3.05) is 47.5 Å². The van der Waals surface area contributed by atoms with Gasteiger partial charge >= 0.3 is 11.9 Å². The minimum absolute atomic E-state index is 0.147. The highest BCUT2D eigenvalue weighted by molar-refractivity contribution is 5.70. The van der Waals surface area contributed by atoms with Crippen molar-refractivity contribution in [1.29, 1.82) is 0 Å². The topological polar surface area (TPSA) is 111 Å². The van der Waals surface area contributed by atoms with Crippen LogP contribution in [0, 0.1) is 0 Å². The minimum atomic E-state index is -1.62. The van der Waals surface area contributed by atoms with E-state index in [-0.39, 0.29) is 32.2 Å². The summed E-state index contributed by atoms with van der Waals surface area (Å²) in [5.41, 5.74) is 0. The zero-order chi connectivity index (χ0) is 57.6. The van der Waals surface area contributed by atoms with Gasteiger partial charge in [-0.05, 0) is 83.5 Å². The number of rotatable bonds is 61. The van der Waals surface area contributed by atoms with Gasteiger partial charge in [0.15, 0.2) is 12.4 Å². The Morgan fingerprint density at radius 2 is 0.722 bits per heavy atom. The molecule has 0 spiro atoms. The van der Waals surface area contributed by atoms with Gasteiger partial charge in [-0.25, -0.2) is 0 Å². The van der Waals surface area contributed by atoms with Crippen LogP contribution in [0.5, 0.6) is 0 Å². The van der Waals surface area contributed by atoms with E-state index in [2.05, 4.69) is 86.8 Å². The van der Waals surface area contributed by atoms with Gasteiger partial charge in [-0.2, -0.15) is 0 Å². The third-order valence-electron chi connectivity index (χ3n) is 14.4. The molecule has 0 heterocycles. The molecule has 0 aromatic heterocycles. The number of carbonyl (C=O) groups is 3. The highest BCUT2D eigenvalue weighted by Gasteiger charge is 2.22. The van der Waals surface area contributed by atoms with Gasteiger partial charge < -0.3 is 33.3 Å². The monoisotopic (exact) mass is 1110 g/mol. The molecule has 0 N–H and O–H groups in total.